The lowest BCUT2D eigenvalue weighted by molar-refractivity contribution is -0.126. The molecule has 0 aliphatic carbocycles. The van der Waals surface area contributed by atoms with Gasteiger partial charge in [-0.05, 0) is 77.8 Å². The Kier molecular flexibility index (Phi) is 8.48. The fraction of sp³-hybridized carbons (Fsp3) is 0.250. The first-order valence-electron chi connectivity index (χ1n) is 8.78. The second-order valence-corrected chi connectivity index (χ2v) is 6.45. The number of carbonyl (C=O) groups excluding carboxylic acids is 2. The van der Waals surface area contributed by atoms with Gasteiger partial charge < -0.3 is 14.8 Å². The average Bonchev–Trinajstić information content (AvgIpc) is 2.66. The van der Waals surface area contributed by atoms with Crippen molar-refractivity contribution in [3.8, 4) is 11.5 Å². The Morgan fingerprint density at radius 1 is 1.04 bits per heavy atom. The van der Waals surface area contributed by atoms with E-state index >= 15 is 0 Å². The second kappa shape index (κ2) is 11.1. The predicted molar refractivity (Wildman–Crippen MR) is 112 cm³/mol. The number of halogens is 1. The highest BCUT2D eigenvalue weighted by Gasteiger charge is 2.09. The van der Waals surface area contributed by atoms with Gasteiger partial charge in [-0.3, -0.25) is 9.59 Å². The van der Waals surface area contributed by atoms with Crippen molar-refractivity contribution < 1.29 is 19.1 Å². The Labute approximate surface area is 172 Å². The molecule has 8 heteroatoms. The normalized spacial score (nSPS) is 10.5. The number of nitrogens with zero attached hydrogens (tertiary/aromatic N) is 1. The smallest absolute Gasteiger partial charge is 0.249 e. The highest BCUT2D eigenvalue weighted by atomic mass is 79.9. The minimum atomic E-state index is -0.510. The van der Waals surface area contributed by atoms with E-state index in [1.165, 1.54) is 6.21 Å². The number of benzene rings is 2. The predicted octanol–water partition coefficient (Wildman–Crippen LogP) is 3.73. The van der Waals surface area contributed by atoms with Crippen LogP contribution < -0.4 is 20.2 Å². The zero-order chi connectivity index (χ0) is 20.4. The van der Waals surface area contributed by atoms with Crippen LogP contribution in [0.5, 0.6) is 11.5 Å². The quantitative estimate of drug-likeness (QED) is 0.348. The molecular weight excluding hydrogens is 426 g/mol. The molecule has 0 radical (unpaired) electrons. The summed E-state index contributed by atoms with van der Waals surface area (Å²) in [7, 11) is 0. The van der Waals surface area contributed by atoms with E-state index in [2.05, 4.69) is 31.8 Å². The first-order chi connectivity index (χ1) is 13.5. The summed E-state index contributed by atoms with van der Waals surface area (Å²) in [5.41, 5.74) is 3.70. The fourth-order valence-corrected chi connectivity index (χ4v) is 2.75. The summed E-state index contributed by atoms with van der Waals surface area (Å²) in [4.78, 5) is 23.8. The van der Waals surface area contributed by atoms with E-state index in [-0.39, 0.29) is 6.42 Å². The number of hydrazone groups is 1. The Bertz CT molecular complexity index is 838. The summed E-state index contributed by atoms with van der Waals surface area (Å²) >= 11 is 3.41. The molecule has 0 aliphatic rings. The Morgan fingerprint density at radius 3 is 2.39 bits per heavy atom. The molecule has 28 heavy (non-hydrogen) atoms. The number of rotatable bonds is 9. The van der Waals surface area contributed by atoms with Crippen molar-refractivity contribution in [2.45, 2.75) is 20.3 Å². The topological polar surface area (TPSA) is 89.0 Å². The maximum Gasteiger partial charge on any atom is 0.249 e. The zero-order valence-corrected chi connectivity index (χ0v) is 17.3. The number of hydrogen-bond acceptors (Lipinski definition) is 5. The van der Waals surface area contributed by atoms with Crippen LogP contribution in [-0.4, -0.2) is 31.2 Å². The Balaban J connectivity index is 1.80. The van der Waals surface area contributed by atoms with Crippen LogP contribution in [0, 0.1) is 0 Å². The van der Waals surface area contributed by atoms with Gasteiger partial charge in [0.15, 0.2) is 0 Å². The summed E-state index contributed by atoms with van der Waals surface area (Å²) in [5.74, 6) is 0.508. The van der Waals surface area contributed by atoms with Gasteiger partial charge >= 0.3 is 0 Å². The highest BCUT2D eigenvalue weighted by Crippen LogP contribution is 2.25. The van der Waals surface area contributed by atoms with Crippen LogP contribution in [0.4, 0.5) is 5.69 Å². The first-order valence-corrected chi connectivity index (χ1v) is 9.58. The molecule has 0 spiro atoms. The number of hydrogen-bond donors (Lipinski definition) is 2. The van der Waals surface area contributed by atoms with Crippen LogP contribution in [0.3, 0.4) is 0 Å². The summed E-state index contributed by atoms with van der Waals surface area (Å²) in [6.07, 6.45) is 1.15. The van der Waals surface area contributed by atoms with E-state index in [0.717, 1.165) is 15.8 Å². The summed E-state index contributed by atoms with van der Waals surface area (Å²) in [5, 5.41) is 6.52. The summed E-state index contributed by atoms with van der Waals surface area (Å²) in [6.45, 7) is 4.94. The molecule has 2 amide bonds. The third-order valence-electron chi connectivity index (χ3n) is 3.43. The minimum Gasteiger partial charge on any atom is -0.494 e. The number of ether oxygens (including phenoxy) is 2. The molecule has 0 unspecified atom stereocenters. The number of nitrogens with one attached hydrogen (secondary N) is 2. The molecule has 0 saturated heterocycles. The lowest BCUT2D eigenvalue weighted by Gasteiger charge is -2.07. The van der Waals surface area contributed by atoms with Crippen LogP contribution >= 0.6 is 15.9 Å². The van der Waals surface area contributed by atoms with Crippen molar-refractivity contribution in [1.82, 2.24) is 5.43 Å². The minimum absolute atomic E-state index is 0.336. The molecule has 0 saturated carbocycles. The molecule has 0 aromatic heterocycles. The van der Waals surface area contributed by atoms with Crippen LogP contribution in [-0.2, 0) is 9.59 Å². The lowest BCUT2D eigenvalue weighted by Crippen LogP contribution is -2.24. The third kappa shape index (κ3) is 7.03. The molecule has 7 nitrogen and oxygen atoms in total. The van der Waals surface area contributed by atoms with Gasteiger partial charge in [0.05, 0.1) is 23.9 Å². The van der Waals surface area contributed by atoms with Crippen molar-refractivity contribution in [3.05, 3.63) is 52.5 Å². The van der Waals surface area contributed by atoms with Gasteiger partial charge in [0.1, 0.15) is 17.9 Å². The van der Waals surface area contributed by atoms with Crippen LogP contribution in [0.2, 0.25) is 0 Å². The van der Waals surface area contributed by atoms with Gasteiger partial charge in [-0.2, -0.15) is 5.10 Å². The number of amides is 2. The molecule has 0 heterocycles. The molecular formula is C20H22BrN3O4. The van der Waals surface area contributed by atoms with E-state index in [1.807, 2.05) is 26.0 Å². The Hall–Kier alpha value is -2.87. The number of anilines is 1. The molecule has 0 atom stereocenters. The van der Waals surface area contributed by atoms with Crippen molar-refractivity contribution in [2.24, 2.45) is 5.10 Å². The fourth-order valence-electron chi connectivity index (χ4n) is 2.24. The van der Waals surface area contributed by atoms with Gasteiger partial charge in [0, 0.05) is 5.69 Å². The monoisotopic (exact) mass is 447 g/mol. The van der Waals surface area contributed by atoms with E-state index in [1.54, 1.807) is 30.3 Å². The summed E-state index contributed by atoms with van der Waals surface area (Å²) in [6, 6.07) is 12.4. The van der Waals surface area contributed by atoms with Gasteiger partial charge in [0.2, 0.25) is 11.8 Å². The molecule has 148 valence electrons. The second-order valence-electron chi connectivity index (χ2n) is 5.60. The maximum absolute atomic E-state index is 11.9. The summed E-state index contributed by atoms with van der Waals surface area (Å²) < 4.78 is 11.6. The average molecular weight is 448 g/mol. The van der Waals surface area contributed by atoms with E-state index in [4.69, 9.17) is 9.47 Å². The zero-order valence-electron chi connectivity index (χ0n) is 15.7. The standard InChI is InChI=1S/C20H22BrN3O4/c1-3-27-16-8-6-15(7-9-16)23-19(25)12-20(26)24-22-13-14-5-10-18(28-4-2)17(21)11-14/h5-11,13H,3-4,12H2,1-2H3,(H,23,25)(H,24,26). The Morgan fingerprint density at radius 2 is 1.75 bits per heavy atom. The third-order valence-corrected chi connectivity index (χ3v) is 4.05. The maximum atomic E-state index is 11.9. The van der Waals surface area contributed by atoms with Gasteiger partial charge in [-0.15, -0.1) is 0 Å². The number of carbonyl (C=O) groups is 2. The van der Waals surface area contributed by atoms with Gasteiger partial charge in [-0.25, -0.2) is 5.43 Å². The molecule has 2 rings (SSSR count). The van der Waals surface area contributed by atoms with Crippen molar-refractivity contribution in [2.75, 3.05) is 18.5 Å². The largest absolute Gasteiger partial charge is 0.494 e. The first kappa shape index (κ1) is 21.4. The molecule has 2 aromatic carbocycles. The molecule has 2 aromatic rings. The van der Waals surface area contributed by atoms with Crippen LogP contribution in [0.1, 0.15) is 25.8 Å². The van der Waals surface area contributed by atoms with E-state index < -0.39 is 11.8 Å². The molecule has 2 N–H and O–H groups in total. The van der Waals surface area contributed by atoms with E-state index in [0.29, 0.717) is 24.7 Å². The van der Waals surface area contributed by atoms with E-state index in [9.17, 15) is 9.59 Å². The van der Waals surface area contributed by atoms with Crippen LogP contribution in [0.25, 0.3) is 0 Å². The van der Waals surface area contributed by atoms with Gasteiger partial charge in [-0.1, -0.05) is 0 Å². The van der Waals surface area contributed by atoms with Crippen molar-refractivity contribution in [1.29, 1.82) is 0 Å². The highest BCUT2D eigenvalue weighted by molar-refractivity contribution is 9.10. The van der Waals surface area contributed by atoms with Crippen LogP contribution in [0.15, 0.2) is 52.0 Å². The molecule has 0 bridgehead atoms. The lowest BCUT2D eigenvalue weighted by atomic mass is 10.2. The van der Waals surface area contributed by atoms with Crippen molar-refractivity contribution in [3.63, 3.8) is 0 Å². The SMILES string of the molecule is CCOc1ccc(NC(=O)CC(=O)NN=Cc2ccc(OCC)c(Br)c2)cc1. The van der Waals surface area contributed by atoms with Gasteiger partial charge in [0.25, 0.3) is 0 Å². The van der Waals surface area contributed by atoms with Crippen molar-refractivity contribution >= 4 is 39.6 Å². The molecule has 0 fully saturated rings. The molecule has 0 aliphatic heterocycles.